The molecule has 4 N–H and O–H groups in total. The summed E-state index contributed by atoms with van der Waals surface area (Å²) in [5, 5.41) is 24.5. The van der Waals surface area contributed by atoms with E-state index in [1.807, 2.05) is 88.4 Å². The van der Waals surface area contributed by atoms with Crippen LogP contribution < -0.4 is 21.3 Å². The van der Waals surface area contributed by atoms with Crippen LogP contribution in [-0.2, 0) is 46.3 Å². The van der Waals surface area contributed by atoms with Crippen LogP contribution in [-0.4, -0.2) is 103 Å². The number of hydrogen-bond acceptors (Lipinski definition) is 8. The number of benzene rings is 2. The molecule has 2 saturated heterocycles. The number of Topliss-reactive ketones (excluding diaryl/α,β-unsaturated/α-hetero) is 1. The Morgan fingerprint density at radius 3 is 1.77 bits per heavy atom. The van der Waals surface area contributed by atoms with E-state index in [9.17, 15) is 29.2 Å². The number of ether oxygens (including phenoxy) is 2. The third kappa shape index (κ3) is 13.3. The van der Waals surface area contributed by atoms with Crippen LogP contribution in [0.5, 0.6) is 0 Å². The van der Waals surface area contributed by atoms with Crippen LogP contribution in [0, 0.1) is 17.0 Å². The zero-order chi connectivity index (χ0) is 38.6. The monoisotopic (exact) mass is 735 g/mol. The van der Waals surface area contributed by atoms with Crippen LogP contribution >= 0.6 is 0 Å². The van der Waals surface area contributed by atoms with Crippen molar-refractivity contribution < 1.29 is 38.1 Å². The lowest BCUT2D eigenvalue weighted by atomic mass is 9.93. The van der Waals surface area contributed by atoms with E-state index >= 15 is 0 Å². The van der Waals surface area contributed by atoms with Crippen molar-refractivity contribution in [1.82, 2.24) is 21.3 Å². The topological polar surface area (TPSA) is 178 Å². The predicted molar refractivity (Wildman–Crippen MR) is 200 cm³/mol. The standard InChI is InChI=1S/C40H57N5O8/c1-27(2)22-32(36(47)40(5)26-53-40)42-39(50)34(24-30-14-10-7-11-15-30)44-38(49)33(23-28(3)4)43-37(48)31(17-16-29-12-8-6-9-13-29)41-35(46)25-45(51)18-20-52-21-19-45/h6-15,27-28,31-34H,16-26H2,1-5H3,(H,41,46)(H,42,50)(H,43,48)(H,44,49)/t31-,32-,33-,34-,40+/m0/s1. The van der Waals surface area contributed by atoms with Gasteiger partial charge in [0, 0.05) is 6.42 Å². The number of amides is 4. The number of carbonyl (C=O) groups excluding carboxylic acids is 5. The number of ketones is 1. The lowest BCUT2D eigenvalue weighted by Crippen LogP contribution is -2.60. The molecule has 5 atom stereocenters. The third-order valence-corrected chi connectivity index (χ3v) is 9.63. The van der Waals surface area contributed by atoms with Crippen LogP contribution in [0.25, 0.3) is 0 Å². The molecule has 2 aliphatic heterocycles. The van der Waals surface area contributed by atoms with Crippen molar-refractivity contribution >= 4 is 29.4 Å². The number of carbonyl (C=O) groups is 5. The van der Waals surface area contributed by atoms with E-state index in [-0.39, 0.29) is 76.3 Å². The number of nitrogens with one attached hydrogen (secondary N) is 4. The second-order valence-corrected chi connectivity index (χ2v) is 15.4. The number of rotatable bonds is 20. The minimum atomic E-state index is -1.06. The first kappa shape index (κ1) is 41.6. The van der Waals surface area contributed by atoms with Crippen molar-refractivity contribution in [2.24, 2.45) is 11.8 Å². The first-order chi connectivity index (χ1) is 25.2. The van der Waals surface area contributed by atoms with Crippen molar-refractivity contribution in [2.75, 3.05) is 39.5 Å². The molecule has 2 aliphatic rings. The molecule has 0 aliphatic carbocycles. The van der Waals surface area contributed by atoms with E-state index < -0.39 is 58.0 Å². The number of quaternary nitrogens is 1. The number of epoxide rings is 1. The van der Waals surface area contributed by atoms with Crippen LogP contribution in [0.4, 0.5) is 0 Å². The molecule has 0 aromatic heterocycles. The molecule has 2 fully saturated rings. The summed E-state index contributed by atoms with van der Waals surface area (Å²) < 4.78 is 9.95. The first-order valence-corrected chi connectivity index (χ1v) is 18.8. The van der Waals surface area contributed by atoms with Crippen LogP contribution in [0.3, 0.4) is 0 Å². The minimum Gasteiger partial charge on any atom is -0.632 e. The molecule has 0 saturated carbocycles. The second kappa shape index (κ2) is 19.2. The minimum absolute atomic E-state index is 0.0247. The molecule has 290 valence electrons. The Bertz CT molecular complexity index is 1530. The molecule has 2 heterocycles. The Balaban J connectivity index is 1.52. The summed E-state index contributed by atoms with van der Waals surface area (Å²) in [7, 11) is 0. The van der Waals surface area contributed by atoms with E-state index in [0.717, 1.165) is 11.1 Å². The molecule has 53 heavy (non-hydrogen) atoms. The van der Waals surface area contributed by atoms with Gasteiger partial charge in [0.1, 0.15) is 36.8 Å². The molecule has 0 spiro atoms. The van der Waals surface area contributed by atoms with E-state index in [0.29, 0.717) is 12.8 Å². The largest absolute Gasteiger partial charge is 0.632 e. The Labute approximate surface area is 313 Å². The quantitative estimate of drug-likeness (QED) is 0.0911. The van der Waals surface area contributed by atoms with Gasteiger partial charge in [-0.3, -0.25) is 24.0 Å². The highest BCUT2D eigenvalue weighted by atomic mass is 16.6. The number of aryl methyl sites for hydroxylation is 1. The number of morpholine rings is 1. The second-order valence-electron chi connectivity index (χ2n) is 15.4. The highest BCUT2D eigenvalue weighted by Crippen LogP contribution is 2.29. The molecule has 0 unspecified atom stereocenters. The first-order valence-electron chi connectivity index (χ1n) is 18.8. The number of nitrogens with zero attached hydrogens (tertiary/aromatic N) is 1. The van der Waals surface area contributed by atoms with Crippen molar-refractivity contribution in [2.45, 2.75) is 96.5 Å². The van der Waals surface area contributed by atoms with Crippen molar-refractivity contribution in [1.29, 1.82) is 0 Å². The fourth-order valence-corrected chi connectivity index (χ4v) is 6.46. The normalized spacial score (nSPS) is 20.1. The Morgan fingerprint density at radius 1 is 0.717 bits per heavy atom. The van der Waals surface area contributed by atoms with Gasteiger partial charge in [-0.25, -0.2) is 0 Å². The molecule has 13 heteroatoms. The zero-order valence-electron chi connectivity index (χ0n) is 31.7. The molecule has 4 rings (SSSR count). The molecular weight excluding hydrogens is 678 g/mol. The van der Waals surface area contributed by atoms with Gasteiger partial charge >= 0.3 is 0 Å². The maximum absolute atomic E-state index is 14.1. The summed E-state index contributed by atoms with van der Waals surface area (Å²) >= 11 is 0. The van der Waals surface area contributed by atoms with Gasteiger partial charge in [-0.15, -0.1) is 0 Å². The smallest absolute Gasteiger partial charge is 0.276 e. The summed E-state index contributed by atoms with van der Waals surface area (Å²) in [6, 6.07) is 14.8. The molecule has 2 aromatic rings. The summed E-state index contributed by atoms with van der Waals surface area (Å²) in [6.07, 6.45) is 1.49. The van der Waals surface area contributed by atoms with Gasteiger partial charge in [-0.05, 0) is 55.6 Å². The van der Waals surface area contributed by atoms with Gasteiger partial charge in [0.2, 0.25) is 17.7 Å². The van der Waals surface area contributed by atoms with Crippen LogP contribution in [0.15, 0.2) is 60.7 Å². The predicted octanol–water partition coefficient (Wildman–Crippen LogP) is 2.60. The van der Waals surface area contributed by atoms with Gasteiger partial charge in [0.05, 0.1) is 25.9 Å². The average molecular weight is 736 g/mol. The summed E-state index contributed by atoms with van der Waals surface area (Å²) in [5.41, 5.74) is 0.814. The molecule has 0 bridgehead atoms. The average Bonchev–Trinajstić information content (AvgIpc) is 3.87. The fourth-order valence-electron chi connectivity index (χ4n) is 6.46. The summed E-state index contributed by atoms with van der Waals surface area (Å²) in [6.45, 7) is 10.2. The molecule has 2 aromatic carbocycles. The van der Waals surface area contributed by atoms with Crippen molar-refractivity contribution in [3.63, 3.8) is 0 Å². The highest BCUT2D eigenvalue weighted by Gasteiger charge is 2.50. The zero-order valence-corrected chi connectivity index (χ0v) is 31.7. The fraction of sp³-hybridized carbons (Fsp3) is 0.575. The van der Waals surface area contributed by atoms with E-state index in [2.05, 4.69) is 21.3 Å². The molecule has 0 radical (unpaired) electrons. The number of hydrogen-bond donors (Lipinski definition) is 4. The molecular formula is C40H57N5O8. The van der Waals surface area contributed by atoms with Gasteiger partial charge in [-0.2, -0.15) is 0 Å². The Hall–Kier alpha value is -4.17. The van der Waals surface area contributed by atoms with Gasteiger partial charge in [0.15, 0.2) is 12.3 Å². The maximum Gasteiger partial charge on any atom is 0.276 e. The van der Waals surface area contributed by atoms with Crippen LogP contribution in [0.2, 0.25) is 0 Å². The van der Waals surface area contributed by atoms with Gasteiger partial charge in [0.25, 0.3) is 5.91 Å². The summed E-state index contributed by atoms with van der Waals surface area (Å²) in [4.78, 5) is 68.5. The van der Waals surface area contributed by atoms with Gasteiger partial charge in [-0.1, -0.05) is 88.4 Å². The van der Waals surface area contributed by atoms with Crippen molar-refractivity contribution in [3.05, 3.63) is 77.0 Å². The summed E-state index contributed by atoms with van der Waals surface area (Å²) in [5.74, 6) is -2.36. The highest BCUT2D eigenvalue weighted by molar-refractivity contribution is 5.98. The SMILES string of the molecule is CC(C)C[C@H](NC(=O)[C@H](CCc1ccccc1)NC(=O)C[N+]1([O-])CCOCC1)C(=O)N[C@@H](Cc1ccccc1)C(=O)N[C@@H](CC(C)C)C(=O)[C@@]1(C)CO1. The Kier molecular flexibility index (Phi) is 15.1. The van der Waals surface area contributed by atoms with E-state index in [1.165, 1.54) is 0 Å². The lowest BCUT2D eigenvalue weighted by molar-refractivity contribution is -0.880. The Morgan fingerprint density at radius 2 is 1.21 bits per heavy atom. The molecule has 13 nitrogen and oxygen atoms in total. The van der Waals surface area contributed by atoms with E-state index in [4.69, 9.17) is 9.47 Å². The van der Waals surface area contributed by atoms with Gasteiger partial charge < -0.3 is 40.6 Å². The lowest BCUT2D eigenvalue weighted by Gasteiger charge is -2.44. The van der Waals surface area contributed by atoms with Crippen molar-refractivity contribution in [3.8, 4) is 0 Å². The van der Waals surface area contributed by atoms with Crippen LogP contribution in [0.1, 0.15) is 65.0 Å². The maximum atomic E-state index is 14.1. The third-order valence-electron chi connectivity index (χ3n) is 9.63. The number of hydroxylamine groups is 3. The van der Waals surface area contributed by atoms with E-state index in [1.54, 1.807) is 6.92 Å². The molecule has 4 amide bonds.